The first kappa shape index (κ1) is 9.80. The smallest absolute Gasteiger partial charge is 0.193 e. The molecule has 1 aromatic carbocycles. The number of hydrogen-bond acceptors (Lipinski definition) is 0. The quantitative estimate of drug-likeness (QED) is 0.600. The molecule has 0 amide bonds. The second-order valence-electron chi connectivity index (χ2n) is 3.79. The molecule has 0 atom stereocenters. The van der Waals surface area contributed by atoms with Gasteiger partial charge >= 0.3 is 0 Å². The zero-order valence-electron chi connectivity index (χ0n) is 8.46. The van der Waals surface area contributed by atoms with Crippen LogP contribution in [0.25, 0.3) is 4.85 Å². The van der Waals surface area contributed by atoms with Crippen molar-refractivity contribution >= 4 is 5.69 Å². The highest BCUT2D eigenvalue weighted by Gasteiger charge is 2.06. The van der Waals surface area contributed by atoms with Gasteiger partial charge in [-0.05, 0) is 30.4 Å². The molecule has 1 aromatic rings. The Hall–Kier alpha value is -1.29. The Morgan fingerprint density at radius 2 is 2.08 bits per heavy atom. The van der Waals surface area contributed by atoms with Gasteiger partial charge in [0.2, 0.25) is 0 Å². The maximum atomic E-state index is 7.09. The van der Waals surface area contributed by atoms with Crippen LogP contribution in [-0.4, -0.2) is 0 Å². The molecule has 13 heavy (non-hydrogen) atoms. The van der Waals surface area contributed by atoms with E-state index in [1.807, 2.05) is 19.1 Å². The highest BCUT2D eigenvalue weighted by Crippen LogP contribution is 2.25. The zero-order chi connectivity index (χ0) is 9.84. The van der Waals surface area contributed by atoms with E-state index in [-0.39, 0.29) is 0 Å². The van der Waals surface area contributed by atoms with E-state index in [0.29, 0.717) is 5.92 Å². The number of hydrogen-bond donors (Lipinski definition) is 0. The van der Waals surface area contributed by atoms with Crippen LogP contribution in [0.1, 0.15) is 25.0 Å². The summed E-state index contributed by atoms with van der Waals surface area (Å²) in [5.41, 5.74) is 3.12. The monoisotopic (exact) mass is 173 g/mol. The highest BCUT2D eigenvalue weighted by molar-refractivity contribution is 5.58. The molecular formula is C12H15N. The fourth-order valence-electron chi connectivity index (χ4n) is 1.48. The third-order valence-electron chi connectivity index (χ3n) is 2.06. The van der Waals surface area contributed by atoms with Gasteiger partial charge in [-0.1, -0.05) is 32.0 Å². The Kier molecular flexibility index (Phi) is 3.08. The summed E-state index contributed by atoms with van der Waals surface area (Å²) in [7, 11) is 0. The Balaban J connectivity index is 3.07. The minimum Gasteiger partial charge on any atom is -0.238 e. The van der Waals surface area contributed by atoms with Crippen LogP contribution in [0.5, 0.6) is 0 Å². The highest BCUT2D eigenvalue weighted by atomic mass is 14.7. The van der Waals surface area contributed by atoms with Crippen molar-refractivity contribution < 1.29 is 0 Å². The fourth-order valence-corrected chi connectivity index (χ4v) is 1.48. The summed E-state index contributed by atoms with van der Waals surface area (Å²) in [6.45, 7) is 13.4. The molecule has 1 nitrogen and oxygen atoms in total. The summed E-state index contributed by atoms with van der Waals surface area (Å²) in [6.07, 6.45) is 0.999. The average Bonchev–Trinajstić information content (AvgIpc) is 2.03. The van der Waals surface area contributed by atoms with E-state index in [4.69, 9.17) is 6.57 Å². The normalized spacial score (nSPS) is 10.1. The third kappa shape index (κ3) is 2.32. The maximum Gasteiger partial charge on any atom is 0.193 e. The van der Waals surface area contributed by atoms with Crippen LogP contribution in [-0.2, 0) is 6.42 Å². The van der Waals surface area contributed by atoms with Gasteiger partial charge in [0.15, 0.2) is 5.69 Å². The first-order chi connectivity index (χ1) is 6.15. The average molecular weight is 173 g/mol. The predicted molar refractivity (Wildman–Crippen MR) is 56.0 cm³/mol. The van der Waals surface area contributed by atoms with Crippen molar-refractivity contribution in [3.63, 3.8) is 0 Å². The molecule has 1 rings (SSSR count). The van der Waals surface area contributed by atoms with Crippen LogP contribution in [0.15, 0.2) is 18.2 Å². The van der Waals surface area contributed by atoms with Crippen molar-refractivity contribution in [1.29, 1.82) is 0 Å². The predicted octanol–water partition coefficient (Wildman–Crippen LogP) is 3.74. The van der Waals surface area contributed by atoms with Crippen molar-refractivity contribution in [1.82, 2.24) is 0 Å². The molecule has 0 aliphatic heterocycles. The molecule has 1 heteroatoms. The summed E-state index contributed by atoms with van der Waals surface area (Å²) in [5, 5.41) is 0. The van der Waals surface area contributed by atoms with Gasteiger partial charge in [-0.2, -0.15) is 0 Å². The van der Waals surface area contributed by atoms with E-state index in [0.717, 1.165) is 17.7 Å². The van der Waals surface area contributed by atoms with Gasteiger partial charge in [0.25, 0.3) is 0 Å². The number of aryl methyl sites for hydroxylation is 1. The molecule has 68 valence electrons. The summed E-state index contributed by atoms with van der Waals surface area (Å²) in [6, 6.07) is 6.08. The standard InChI is InChI=1S/C12H15N/c1-9(2)8-11-7-5-6-10(3)12(11)13-4/h5-7,9H,8H2,1-3H3. The molecule has 0 heterocycles. The SMILES string of the molecule is [C-]#[N+]c1c(C)cccc1CC(C)C. The summed E-state index contributed by atoms with van der Waals surface area (Å²) in [4.78, 5) is 3.57. The molecule has 0 unspecified atom stereocenters. The van der Waals surface area contributed by atoms with Crippen LogP contribution >= 0.6 is 0 Å². The van der Waals surface area contributed by atoms with Crippen molar-refractivity contribution in [2.24, 2.45) is 5.92 Å². The zero-order valence-corrected chi connectivity index (χ0v) is 8.46. The Morgan fingerprint density at radius 1 is 1.38 bits per heavy atom. The Morgan fingerprint density at radius 3 is 2.62 bits per heavy atom. The van der Waals surface area contributed by atoms with Gasteiger partial charge in [-0.25, -0.2) is 4.85 Å². The molecule has 0 aliphatic carbocycles. The van der Waals surface area contributed by atoms with Crippen molar-refractivity contribution in [3.8, 4) is 0 Å². The minimum atomic E-state index is 0.613. The molecule has 0 saturated carbocycles. The topological polar surface area (TPSA) is 4.36 Å². The lowest BCUT2D eigenvalue weighted by Crippen LogP contribution is -1.94. The van der Waals surface area contributed by atoms with Gasteiger partial charge in [0.05, 0.1) is 6.57 Å². The molecule has 0 saturated heterocycles. The Labute approximate surface area is 80.2 Å². The second kappa shape index (κ2) is 4.09. The largest absolute Gasteiger partial charge is 0.238 e. The van der Waals surface area contributed by atoms with E-state index in [2.05, 4.69) is 24.8 Å². The molecule has 0 aromatic heterocycles. The van der Waals surface area contributed by atoms with Crippen LogP contribution in [0.3, 0.4) is 0 Å². The van der Waals surface area contributed by atoms with Gasteiger partial charge < -0.3 is 0 Å². The lowest BCUT2D eigenvalue weighted by atomic mass is 9.99. The van der Waals surface area contributed by atoms with E-state index in [9.17, 15) is 0 Å². The second-order valence-corrected chi connectivity index (χ2v) is 3.79. The van der Waals surface area contributed by atoms with E-state index in [1.165, 1.54) is 5.56 Å². The molecule has 0 N–H and O–H groups in total. The van der Waals surface area contributed by atoms with Crippen LogP contribution in [0, 0.1) is 19.4 Å². The summed E-state index contributed by atoms with van der Waals surface area (Å²) in [5.74, 6) is 0.613. The van der Waals surface area contributed by atoms with Gasteiger partial charge in [0, 0.05) is 0 Å². The third-order valence-corrected chi connectivity index (χ3v) is 2.06. The van der Waals surface area contributed by atoms with Gasteiger partial charge in [-0.15, -0.1) is 0 Å². The number of rotatable bonds is 2. The van der Waals surface area contributed by atoms with Crippen molar-refractivity contribution in [3.05, 3.63) is 40.7 Å². The minimum absolute atomic E-state index is 0.613. The molecule has 0 fully saturated rings. The first-order valence-corrected chi connectivity index (χ1v) is 4.61. The number of nitrogens with zero attached hydrogens (tertiary/aromatic N) is 1. The number of para-hydroxylation sites is 1. The van der Waals surface area contributed by atoms with Gasteiger partial charge in [0.1, 0.15) is 0 Å². The van der Waals surface area contributed by atoms with Gasteiger partial charge in [-0.3, -0.25) is 0 Å². The fraction of sp³-hybridized carbons (Fsp3) is 0.417. The molecule has 0 bridgehead atoms. The lowest BCUT2D eigenvalue weighted by molar-refractivity contribution is 0.648. The van der Waals surface area contributed by atoms with Crippen LogP contribution in [0.4, 0.5) is 5.69 Å². The van der Waals surface area contributed by atoms with E-state index >= 15 is 0 Å². The number of benzene rings is 1. The molecular weight excluding hydrogens is 158 g/mol. The molecule has 0 aliphatic rings. The Bertz CT molecular complexity index is 331. The molecule has 0 spiro atoms. The van der Waals surface area contributed by atoms with E-state index in [1.54, 1.807) is 0 Å². The lowest BCUT2D eigenvalue weighted by Gasteiger charge is -2.08. The van der Waals surface area contributed by atoms with Crippen LogP contribution in [0.2, 0.25) is 0 Å². The summed E-state index contributed by atoms with van der Waals surface area (Å²) < 4.78 is 0. The first-order valence-electron chi connectivity index (χ1n) is 4.61. The van der Waals surface area contributed by atoms with E-state index < -0.39 is 0 Å². The van der Waals surface area contributed by atoms with Crippen LogP contribution < -0.4 is 0 Å². The maximum absolute atomic E-state index is 7.09. The van der Waals surface area contributed by atoms with Crippen molar-refractivity contribution in [2.45, 2.75) is 27.2 Å². The van der Waals surface area contributed by atoms with Crippen molar-refractivity contribution in [2.75, 3.05) is 0 Å². The molecule has 0 radical (unpaired) electrons. The summed E-state index contributed by atoms with van der Waals surface area (Å²) >= 11 is 0.